The molecule has 1 aliphatic heterocycles. The molecule has 1 heterocycles. The van der Waals surface area contributed by atoms with Gasteiger partial charge in [0.2, 0.25) is 0 Å². The molecule has 1 fully saturated rings. The second-order valence-electron chi connectivity index (χ2n) is 4.47. The van der Waals surface area contributed by atoms with Crippen LogP contribution in [0.4, 0.5) is 11.4 Å². The predicted molar refractivity (Wildman–Crippen MR) is 67.5 cm³/mol. The third kappa shape index (κ3) is 2.47. The van der Waals surface area contributed by atoms with Gasteiger partial charge in [-0.25, -0.2) is 0 Å². The largest absolute Gasteiger partial charge is 0.399 e. The highest BCUT2D eigenvalue weighted by Gasteiger charge is 2.20. The minimum Gasteiger partial charge on any atom is -0.399 e. The summed E-state index contributed by atoms with van der Waals surface area (Å²) in [6.07, 6.45) is 4.75. The zero-order valence-corrected chi connectivity index (χ0v) is 9.60. The summed E-state index contributed by atoms with van der Waals surface area (Å²) in [5.41, 5.74) is 7.73. The number of anilines is 2. The predicted octanol–water partition coefficient (Wildman–Crippen LogP) is 2.01. The Morgan fingerprint density at radius 3 is 2.94 bits per heavy atom. The van der Waals surface area contributed by atoms with Crippen LogP contribution < -0.4 is 10.6 Å². The summed E-state index contributed by atoms with van der Waals surface area (Å²) >= 11 is 0. The van der Waals surface area contributed by atoms with E-state index in [1.54, 1.807) is 0 Å². The maximum absolute atomic E-state index is 9.44. The summed E-state index contributed by atoms with van der Waals surface area (Å²) in [5, 5.41) is 9.44. The van der Waals surface area contributed by atoms with Crippen LogP contribution in [0.1, 0.15) is 25.7 Å². The summed E-state index contributed by atoms with van der Waals surface area (Å²) in [7, 11) is 0. The van der Waals surface area contributed by atoms with E-state index < -0.39 is 0 Å². The molecular weight excluding hydrogens is 200 g/mol. The molecule has 0 amide bonds. The van der Waals surface area contributed by atoms with E-state index in [0.717, 1.165) is 24.3 Å². The lowest BCUT2D eigenvalue weighted by Crippen LogP contribution is -2.37. The molecule has 1 unspecified atom stereocenters. The van der Waals surface area contributed by atoms with Gasteiger partial charge >= 0.3 is 0 Å². The van der Waals surface area contributed by atoms with Gasteiger partial charge in [-0.1, -0.05) is 18.9 Å². The molecule has 1 aromatic carbocycles. The Hall–Kier alpha value is -1.22. The molecule has 0 bridgehead atoms. The second kappa shape index (κ2) is 5.21. The molecule has 0 aromatic heterocycles. The van der Waals surface area contributed by atoms with Gasteiger partial charge in [0, 0.05) is 17.9 Å². The van der Waals surface area contributed by atoms with E-state index >= 15 is 0 Å². The Morgan fingerprint density at radius 1 is 1.31 bits per heavy atom. The first kappa shape index (κ1) is 11.3. The zero-order chi connectivity index (χ0) is 11.4. The van der Waals surface area contributed by atoms with Crippen molar-refractivity contribution in [2.75, 3.05) is 23.8 Å². The van der Waals surface area contributed by atoms with Gasteiger partial charge in [0.1, 0.15) is 0 Å². The van der Waals surface area contributed by atoms with E-state index in [2.05, 4.69) is 11.0 Å². The average molecular weight is 220 g/mol. The van der Waals surface area contributed by atoms with Crippen molar-refractivity contribution in [1.82, 2.24) is 0 Å². The molecule has 0 saturated carbocycles. The maximum atomic E-state index is 9.44. The van der Waals surface area contributed by atoms with Crippen molar-refractivity contribution in [2.45, 2.75) is 31.7 Å². The smallest absolute Gasteiger partial charge is 0.0635 e. The highest BCUT2D eigenvalue weighted by molar-refractivity contribution is 5.56. The van der Waals surface area contributed by atoms with Gasteiger partial charge in [-0.15, -0.1) is 0 Å². The van der Waals surface area contributed by atoms with Crippen molar-refractivity contribution in [3.8, 4) is 0 Å². The molecule has 0 spiro atoms. The molecule has 1 aliphatic rings. The fourth-order valence-electron chi connectivity index (χ4n) is 2.41. The van der Waals surface area contributed by atoms with Crippen molar-refractivity contribution >= 4 is 11.4 Å². The molecule has 1 saturated heterocycles. The van der Waals surface area contributed by atoms with E-state index in [0.29, 0.717) is 0 Å². The van der Waals surface area contributed by atoms with E-state index in [1.165, 1.54) is 19.3 Å². The summed E-state index contributed by atoms with van der Waals surface area (Å²) in [5.74, 6) is 0. The minimum atomic E-state index is 0.231. The van der Waals surface area contributed by atoms with Crippen molar-refractivity contribution in [3.63, 3.8) is 0 Å². The number of nitrogens with two attached hydrogens (primary N) is 1. The van der Waals surface area contributed by atoms with Crippen molar-refractivity contribution in [2.24, 2.45) is 0 Å². The number of aliphatic hydroxyl groups is 1. The van der Waals surface area contributed by atoms with Crippen LogP contribution in [0.5, 0.6) is 0 Å². The first-order valence-corrected chi connectivity index (χ1v) is 6.04. The van der Waals surface area contributed by atoms with Crippen molar-refractivity contribution in [1.29, 1.82) is 0 Å². The molecular formula is C13H20N2O. The Kier molecular flexibility index (Phi) is 3.67. The second-order valence-corrected chi connectivity index (χ2v) is 4.47. The fourth-order valence-corrected chi connectivity index (χ4v) is 2.41. The Labute approximate surface area is 96.9 Å². The third-order valence-electron chi connectivity index (χ3n) is 3.29. The van der Waals surface area contributed by atoms with Gasteiger partial charge in [0.05, 0.1) is 12.6 Å². The Morgan fingerprint density at radius 2 is 2.19 bits per heavy atom. The van der Waals surface area contributed by atoms with E-state index in [-0.39, 0.29) is 12.6 Å². The number of benzene rings is 1. The van der Waals surface area contributed by atoms with Crippen LogP contribution in [0.3, 0.4) is 0 Å². The normalized spacial score (nSPS) is 21.8. The summed E-state index contributed by atoms with van der Waals surface area (Å²) in [6.45, 7) is 1.25. The molecule has 0 aliphatic carbocycles. The van der Waals surface area contributed by atoms with Gasteiger partial charge in [-0.2, -0.15) is 0 Å². The standard InChI is InChI=1S/C13H20N2O/c14-11-5-4-7-12(9-11)15-8-3-1-2-6-13(15)10-16/h4-5,7,9,13,16H,1-3,6,8,10,14H2. The summed E-state index contributed by atoms with van der Waals surface area (Å²) in [6, 6.07) is 8.20. The van der Waals surface area contributed by atoms with Crippen LogP contribution in [0, 0.1) is 0 Å². The lowest BCUT2D eigenvalue weighted by molar-refractivity contribution is 0.255. The van der Waals surface area contributed by atoms with Crippen molar-refractivity contribution in [3.05, 3.63) is 24.3 Å². The molecule has 2 rings (SSSR count). The summed E-state index contributed by atoms with van der Waals surface area (Å²) < 4.78 is 0. The van der Waals surface area contributed by atoms with Crippen LogP contribution in [0.15, 0.2) is 24.3 Å². The molecule has 3 heteroatoms. The van der Waals surface area contributed by atoms with Crippen LogP contribution in [-0.4, -0.2) is 24.3 Å². The Balaban J connectivity index is 2.21. The van der Waals surface area contributed by atoms with Crippen LogP contribution in [-0.2, 0) is 0 Å². The molecule has 1 aromatic rings. The monoisotopic (exact) mass is 220 g/mol. The Bertz CT molecular complexity index is 340. The fraction of sp³-hybridized carbons (Fsp3) is 0.538. The minimum absolute atomic E-state index is 0.231. The lowest BCUT2D eigenvalue weighted by atomic mass is 10.1. The van der Waals surface area contributed by atoms with Gasteiger partial charge in [0.15, 0.2) is 0 Å². The first-order valence-electron chi connectivity index (χ1n) is 6.04. The van der Waals surface area contributed by atoms with Gasteiger partial charge in [0.25, 0.3) is 0 Å². The van der Waals surface area contributed by atoms with E-state index in [9.17, 15) is 5.11 Å². The maximum Gasteiger partial charge on any atom is 0.0635 e. The van der Waals surface area contributed by atoms with Crippen LogP contribution in [0.2, 0.25) is 0 Å². The van der Waals surface area contributed by atoms with Gasteiger partial charge < -0.3 is 15.7 Å². The highest BCUT2D eigenvalue weighted by Crippen LogP contribution is 2.25. The third-order valence-corrected chi connectivity index (χ3v) is 3.29. The average Bonchev–Trinajstić information content (AvgIpc) is 2.53. The molecule has 0 radical (unpaired) electrons. The van der Waals surface area contributed by atoms with E-state index in [1.807, 2.05) is 18.2 Å². The van der Waals surface area contributed by atoms with Gasteiger partial charge in [-0.05, 0) is 31.0 Å². The number of hydrogen-bond donors (Lipinski definition) is 2. The molecule has 16 heavy (non-hydrogen) atoms. The number of hydrogen-bond acceptors (Lipinski definition) is 3. The summed E-state index contributed by atoms with van der Waals surface area (Å²) in [4.78, 5) is 2.30. The van der Waals surface area contributed by atoms with Gasteiger partial charge in [-0.3, -0.25) is 0 Å². The molecule has 3 N–H and O–H groups in total. The molecule has 3 nitrogen and oxygen atoms in total. The topological polar surface area (TPSA) is 49.5 Å². The zero-order valence-electron chi connectivity index (χ0n) is 9.60. The number of nitrogen functional groups attached to an aromatic ring is 1. The molecule has 1 atom stereocenters. The molecule has 88 valence electrons. The number of nitrogens with zero attached hydrogens (tertiary/aromatic N) is 1. The van der Waals surface area contributed by atoms with Crippen LogP contribution >= 0.6 is 0 Å². The van der Waals surface area contributed by atoms with E-state index in [4.69, 9.17) is 5.73 Å². The van der Waals surface area contributed by atoms with Crippen molar-refractivity contribution < 1.29 is 5.11 Å². The quantitative estimate of drug-likeness (QED) is 0.750. The van der Waals surface area contributed by atoms with Crippen LogP contribution in [0.25, 0.3) is 0 Å². The highest BCUT2D eigenvalue weighted by atomic mass is 16.3. The number of rotatable bonds is 2. The SMILES string of the molecule is Nc1cccc(N2CCCCCC2CO)c1. The first-order chi connectivity index (χ1) is 7.81. The number of aliphatic hydroxyl groups excluding tert-OH is 1. The lowest BCUT2D eigenvalue weighted by Gasteiger charge is -2.31.